The Labute approximate surface area is 304 Å². The van der Waals surface area contributed by atoms with Gasteiger partial charge in [-0.05, 0) is 26.2 Å². The molecule has 0 saturated carbocycles. The van der Waals surface area contributed by atoms with E-state index in [9.17, 15) is 0 Å². The van der Waals surface area contributed by atoms with Gasteiger partial charge in [-0.15, -0.1) is 0 Å². The van der Waals surface area contributed by atoms with E-state index in [2.05, 4.69) is 44.7 Å². The molecule has 284 valence electrons. The van der Waals surface area contributed by atoms with Gasteiger partial charge in [-0.3, -0.25) is 0 Å². The molecule has 0 N–H and O–H groups in total. The van der Waals surface area contributed by atoms with Gasteiger partial charge in [0.25, 0.3) is 0 Å². The summed E-state index contributed by atoms with van der Waals surface area (Å²) >= 11 is 0. The Balaban J connectivity index is 2.32. The van der Waals surface area contributed by atoms with Crippen molar-refractivity contribution in [2.24, 2.45) is 0 Å². The molecule has 2 atom stereocenters. The highest BCUT2D eigenvalue weighted by Crippen LogP contribution is 2.31. The molecule has 2 unspecified atom stereocenters. The molecule has 48 heavy (non-hydrogen) atoms. The fourth-order valence-electron chi connectivity index (χ4n) is 7.95. The van der Waals surface area contributed by atoms with Crippen molar-refractivity contribution in [3.8, 4) is 0 Å². The van der Waals surface area contributed by atoms with E-state index < -0.39 is 0 Å². The third-order valence-corrected chi connectivity index (χ3v) is 11.3. The highest BCUT2D eigenvalue weighted by atomic mass is 15.1. The van der Waals surface area contributed by atoms with Crippen molar-refractivity contribution in [1.82, 2.24) is 9.55 Å². The number of hydrogen-bond donors (Lipinski definition) is 0. The lowest BCUT2D eigenvalue weighted by molar-refractivity contribution is 0.412. The molecule has 0 radical (unpaired) electrons. The highest BCUT2D eigenvalue weighted by molar-refractivity contribution is 5.02. The molecule has 0 fully saturated rings. The van der Waals surface area contributed by atoms with E-state index >= 15 is 0 Å². The first-order valence-corrected chi connectivity index (χ1v) is 22.8. The number of hydrogen-bond acceptors (Lipinski definition) is 1. The van der Waals surface area contributed by atoms with Gasteiger partial charge in [-0.1, -0.05) is 239 Å². The summed E-state index contributed by atoms with van der Waals surface area (Å²) in [5.74, 6) is 2.07. The zero-order valence-electron chi connectivity index (χ0n) is 33.9. The van der Waals surface area contributed by atoms with E-state index in [1.54, 1.807) is 0 Å². The topological polar surface area (TPSA) is 17.8 Å². The molecule has 0 aliphatic rings. The second-order valence-electron chi connectivity index (χ2n) is 16.1. The van der Waals surface area contributed by atoms with Crippen molar-refractivity contribution >= 4 is 0 Å². The molecular formula is C46H90N2. The van der Waals surface area contributed by atoms with Gasteiger partial charge in [-0.25, -0.2) is 4.98 Å². The molecule has 2 heteroatoms. The largest absolute Gasteiger partial charge is 0.332 e. The average molecular weight is 671 g/mol. The van der Waals surface area contributed by atoms with Crippen LogP contribution >= 0.6 is 0 Å². The van der Waals surface area contributed by atoms with Crippen molar-refractivity contribution < 1.29 is 0 Å². The van der Waals surface area contributed by atoms with Crippen LogP contribution in [0.5, 0.6) is 0 Å². The van der Waals surface area contributed by atoms with Gasteiger partial charge in [0.2, 0.25) is 0 Å². The Morgan fingerprint density at radius 1 is 0.396 bits per heavy atom. The molecule has 0 aromatic carbocycles. The van der Waals surface area contributed by atoms with Gasteiger partial charge < -0.3 is 4.57 Å². The lowest BCUT2D eigenvalue weighted by Crippen LogP contribution is -2.13. The third-order valence-electron chi connectivity index (χ3n) is 11.3. The quantitative estimate of drug-likeness (QED) is 0.0637. The lowest BCUT2D eigenvalue weighted by Gasteiger charge is -2.22. The predicted octanol–water partition coefficient (Wildman–Crippen LogP) is 17.0. The molecule has 2 nitrogen and oxygen atoms in total. The van der Waals surface area contributed by atoms with E-state index in [4.69, 9.17) is 4.98 Å². The fraction of sp³-hybridized carbons (Fsp3) is 0.935. The second-order valence-corrected chi connectivity index (χ2v) is 16.1. The zero-order chi connectivity index (χ0) is 34.6. The van der Waals surface area contributed by atoms with Gasteiger partial charge in [-0.2, -0.15) is 0 Å². The molecule has 1 aromatic heterocycles. The standard InChI is InChI=1S/C46H90N2/c1-5-8-11-14-17-19-21-23-25-27-29-32-35-38-41-45(40-37-34-30-16-13-10-7-3)46-47-42-43-48(46)44(4)39-36-33-31-28-26-24-22-20-18-15-12-9-6-2/h42-45H,5-41H2,1-4H3. The number of rotatable bonds is 39. The van der Waals surface area contributed by atoms with Gasteiger partial charge in [0.15, 0.2) is 0 Å². The SMILES string of the molecule is CCCCCCCCCCCCCCCCC(CCCCCCCCC)c1nccn1C(C)CCCCCCCCCCCCCCC. The smallest absolute Gasteiger partial charge is 0.111 e. The van der Waals surface area contributed by atoms with Crippen LogP contribution in [0.15, 0.2) is 12.4 Å². The maximum absolute atomic E-state index is 5.04. The first kappa shape index (κ1) is 45.2. The van der Waals surface area contributed by atoms with Crippen LogP contribution in [0, 0.1) is 0 Å². The van der Waals surface area contributed by atoms with Crippen LogP contribution in [0.25, 0.3) is 0 Å². The third kappa shape index (κ3) is 27.0. The van der Waals surface area contributed by atoms with Gasteiger partial charge >= 0.3 is 0 Å². The van der Waals surface area contributed by atoms with Gasteiger partial charge in [0.05, 0.1) is 0 Å². The van der Waals surface area contributed by atoms with Crippen molar-refractivity contribution in [3.63, 3.8) is 0 Å². The van der Waals surface area contributed by atoms with E-state index in [1.807, 2.05) is 0 Å². The van der Waals surface area contributed by atoms with Gasteiger partial charge in [0, 0.05) is 24.4 Å². The summed E-state index contributed by atoms with van der Waals surface area (Å²) in [4.78, 5) is 5.04. The van der Waals surface area contributed by atoms with Crippen LogP contribution in [0.3, 0.4) is 0 Å². The highest BCUT2D eigenvalue weighted by Gasteiger charge is 2.19. The van der Waals surface area contributed by atoms with Gasteiger partial charge in [0.1, 0.15) is 5.82 Å². The summed E-state index contributed by atoms with van der Waals surface area (Å²) in [5.41, 5.74) is 0. The normalized spacial score (nSPS) is 13.0. The van der Waals surface area contributed by atoms with E-state index in [0.29, 0.717) is 12.0 Å². The van der Waals surface area contributed by atoms with Crippen LogP contribution < -0.4 is 0 Å². The Kier molecular flexibility index (Phi) is 33.9. The summed E-state index contributed by atoms with van der Waals surface area (Å²) in [5, 5.41) is 0. The second kappa shape index (κ2) is 36.0. The molecule has 1 heterocycles. The number of nitrogens with zero attached hydrogens (tertiary/aromatic N) is 2. The number of aromatic nitrogens is 2. The minimum absolute atomic E-state index is 0.586. The lowest BCUT2D eigenvalue weighted by atomic mass is 9.92. The Hall–Kier alpha value is -0.790. The van der Waals surface area contributed by atoms with Crippen molar-refractivity contribution in [2.45, 2.75) is 277 Å². The minimum atomic E-state index is 0.586. The Morgan fingerprint density at radius 3 is 0.979 bits per heavy atom. The van der Waals surface area contributed by atoms with Crippen molar-refractivity contribution in [2.75, 3.05) is 0 Å². The molecule has 0 spiro atoms. The number of imidazole rings is 1. The molecular weight excluding hydrogens is 581 g/mol. The van der Waals surface area contributed by atoms with E-state index in [0.717, 1.165) is 0 Å². The van der Waals surface area contributed by atoms with E-state index in [-0.39, 0.29) is 0 Å². The summed E-state index contributed by atoms with van der Waals surface area (Å²) in [7, 11) is 0. The summed E-state index contributed by atoms with van der Waals surface area (Å²) in [6.07, 6.45) is 57.1. The Bertz CT molecular complexity index is 738. The van der Waals surface area contributed by atoms with Crippen LogP contribution in [0.1, 0.15) is 283 Å². The van der Waals surface area contributed by atoms with Crippen LogP contribution in [0.2, 0.25) is 0 Å². The van der Waals surface area contributed by atoms with Crippen LogP contribution in [-0.4, -0.2) is 9.55 Å². The average Bonchev–Trinajstić information content (AvgIpc) is 3.59. The van der Waals surface area contributed by atoms with Crippen LogP contribution in [0.4, 0.5) is 0 Å². The van der Waals surface area contributed by atoms with Crippen molar-refractivity contribution in [1.29, 1.82) is 0 Å². The molecule has 0 aliphatic heterocycles. The molecule has 0 bridgehead atoms. The summed E-state index contributed by atoms with van der Waals surface area (Å²) in [6, 6.07) is 0.586. The summed E-state index contributed by atoms with van der Waals surface area (Å²) in [6.45, 7) is 9.41. The molecule has 0 amide bonds. The first-order chi connectivity index (χ1) is 23.7. The first-order valence-electron chi connectivity index (χ1n) is 22.8. The van der Waals surface area contributed by atoms with Crippen molar-refractivity contribution in [3.05, 3.63) is 18.2 Å². The Morgan fingerprint density at radius 2 is 0.667 bits per heavy atom. The fourth-order valence-corrected chi connectivity index (χ4v) is 7.95. The molecule has 1 aromatic rings. The zero-order valence-corrected chi connectivity index (χ0v) is 33.9. The number of unbranched alkanes of at least 4 members (excludes halogenated alkanes) is 31. The maximum atomic E-state index is 5.04. The van der Waals surface area contributed by atoms with Crippen LogP contribution in [-0.2, 0) is 0 Å². The molecule has 0 saturated heterocycles. The summed E-state index contributed by atoms with van der Waals surface area (Å²) < 4.78 is 2.59. The maximum Gasteiger partial charge on any atom is 0.111 e. The van der Waals surface area contributed by atoms with E-state index in [1.165, 1.54) is 243 Å². The minimum Gasteiger partial charge on any atom is -0.332 e. The monoisotopic (exact) mass is 671 g/mol. The molecule has 0 aliphatic carbocycles. The molecule has 1 rings (SSSR count). The predicted molar refractivity (Wildman–Crippen MR) is 218 cm³/mol.